The molecule has 0 aliphatic heterocycles. The summed E-state index contributed by atoms with van der Waals surface area (Å²) in [5, 5.41) is 0.965. The zero-order chi connectivity index (χ0) is 40.2. The van der Waals surface area contributed by atoms with Crippen LogP contribution in [0, 0.1) is 50.2 Å². The molecule has 1 aromatic rings. The summed E-state index contributed by atoms with van der Waals surface area (Å²) in [6.45, 7) is 18.2. The minimum atomic E-state index is -0.698. The first kappa shape index (κ1) is 41.9. The van der Waals surface area contributed by atoms with Crippen molar-refractivity contribution < 1.29 is 33.4 Å². The smallest absolute Gasteiger partial charge is 0.0513 e. The standard InChI is InChI=1S/C46H65NO7Se/c1-10-52-37(49)16-13-29-11-14-30(15-12-29)53-40(51)43(5)23-22-42(4)24-25-45(7)31(32(42)28-43)27-34(48)38-44(6)20-18-36(54-39(50)33(47)19-26-55-9)41(2,3)35(44)17-21-46(38,45)8/h11-16,27,32-33,35-36,38H,10,17-26,28,47H2,1-9H3/b16-13+/t32-,33+,35+,36+,38-,42-,43+,44+,45-,46-/m1/s1. The van der Waals surface area contributed by atoms with Gasteiger partial charge in [0.2, 0.25) is 0 Å². The number of hydrogen-bond acceptors (Lipinski definition) is 8. The van der Waals surface area contributed by atoms with Crippen molar-refractivity contribution in [1.29, 1.82) is 0 Å². The average Bonchev–Trinajstić information content (AvgIpc) is 3.13. The number of carbonyl (C=O) groups is 4. The predicted octanol–water partition coefficient (Wildman–Crippen LogP) is 8.95. The molecule has 4 saturated carbocycles. The summed E-state index contributed by atoms with van der Waals surface area (Å²) in [4.78, 5) is 53.8. The van der Waals surface area contributed by atoms with Crippen molar-refractivity contribution in [2.24, 2.45) is 56.0 Å². The molecule has 10 atom stereocenters. The minimum absolute atomic E-state index is 0.00547. The molecule has 2 N–H and O–H groups in total. The number of allylic oxidation sites excluding steroid dienone is 2. The molecule has 4 fully saturated rings. The monoisotopic (exact) mass is 823 g/mol. The van der Waals surface area contributed by atoms with E-state index in [0.29, 0.717) is 40.2 Å². The Morgan fingerprint density at radius 3 is 2.31 bits per heavy atom. The van der Waals surface area contributed by atoms with E-state index in [1.165, 1.54) is 11.6 Å². The van der Waals surface area contributed by atoms with Crippen molar-refractivity contribution in [2.75, 3.05) is 6.61 Å². The molecule has 0 unspecified atom stereocenters. The Balaban J connectivity index is 1.23. The van der Waals surface area contributed by atoms with E-state index in [1.807, 2.05) is 19.1 Å². The van der Waals surface area contributed by atoms with Gasteiger partial charge in [-0.05, 0) is 81.1 Å². The Hall–Kier alpha value is -2.74. The van der Waals surface area contributed by atoms with Crippen LogP contribution in [0.4, 0.5) is 0 Å². The Kier molecular flexibility index (Phi) is 11.6. The summed E-state index contributed by atoms with van der Waals surface area (Å²) in [6, 6.07) is 6.59. The molecule has 9 heteroatoms. The van der Waals surface area contributed by atoms with Crippen LogP contribution in [0.2, 0.25) is 11.1 Å². The summed E-state index contributed by atoms with van der Waals surface area (Å²) in [7, 11) is 0. The predicted molar refractivity (Wildman–Crippen MR) is 216 cm³/mol. The van der Waals surface area contributed by atoms with Crippen molar-refractivity contribution in [1.82, 2.24) is 0 Å². The van der Waals surface area contributed by atoms with E-state index < -0.39 is 17.4 Å². The van der Waals surface area contributed by atoms with Crippen LogP contribution in [0.5, 0.6) is 5.75 Å². The van der Waals surface area contributed by atoms with Gasteiger partial charge in [0.25, 0.3) is 0 Å². The average molecular weight is 823 g/mol. The quantitative estimate of drug-likeness (QED) is 0.108. The second kappa shape index (κ2) is 15.2. The molecule has 0 heterocycles. The van der Waals surface area contributed by atoms with Crippen molar-refractivity contribution >= 4 is 44.7 Å². The summed E-state index contributed by atoms with van der Waals surface area (Å²) in [6.07, 6.45) is 13.4. The number of hydrogen-bond donors (Lipinski definition) is 1. The van der Waals surface area contributed by atoms with Gasteiger partial charge in [0, 0.05) is 6.08 Å². The molecule has 5 aliphatic rings. The van der Waals surface area contributed by atoms with E-state index in [1.54, 1.807) is 25.1 Å². The van der Waals surface area contributed by atoms with E-state index in [-0.39, 0.29) is 68.7 Å². The third kappa shape index (κ3) is 7.22. The van der Waals surface area contributed by atoms with Gasteiger partial charge in [-0.3, -0.25) is 4.79 Å². The van der Waals surface area contributed by atoms with E-state index in [4.69, 9.17) is 19.9 Å². The third-order valence-corrected chi connectivity index (χ3v) is 17.3. The van der Waals surface area contributed by atoms with Crippen LogP contribution >= 0.6 is 0 Å². The molecule has 0 saturated heterocycles. The molecule has 0 aromatic heterocycles. The molecule has 8 nitrogen and oxygen atoms in total. The van der Waals surface area contributed by atoms with Gasteiger partial charge in [-0.2, -0.15) is 0 Å². The van der Waals surface area contributed by atoms with Crippen molar-refractivity contribution in [3.05, 3.63) is 47.6 Å². The summed E-state index contributed by atoms with van der Waals surface area (Å²) in [5.74, 6) is 2.16. The van der Waals surface area contributed by atoms with E-state index in [2.05, 4.69) is 53.4 Å². The molecule has 5 aliphatic carbocycles. The van der Waals surface area contributed by atoms with E-state index >= 15 is 0 Å². The first-order valence-electron chi connectivity index (χ1n) is 20.7. The summed E-state index contributed by atoms with van der Waals surface area (Å²) in [5.41, 5.74) is 6.70. The maximum absolute atomic E-state index is 14.9. The molecule has 0 radical (unpaired) electrons. The number of fused-ring (bicyclic) bond motifs is 7. The van der Waals surface area contributed by atoms with Crippen LogP contribution in [0.25, 0.3) is 6.08 Å². The molecular formula is C46H65NO7Se. The topological polar surface area (TPSA) is 122 Å². The van der Waals surface area contributed by atoms with E-state index in [9.17, 15) is 19.2 Å². The number of esters is 3. The maximum atomic E-state index is 14.9. The normalized spacial score (nSPS) is 38.4. The van der Waals surface area contributed by atoms with Crippen LogP contribution in [0.15, 0.2) is 42.0 Å². The number of carbonyl (C=O) groups excluding carboxylic acids is 4. The molecular weight excluding hydrogens is 757 g/mol. The fourth-order valence-corrected chi connectivity index (χ4v) is 13.4. The van der Waals surface area contributed by atoms with Gasteiger partial charge >= 0.3 is 181 Å². The number of nitrogens with two attached hydrogens (primary N) is 1. The number of benzene rings is 1. The summed E-state index contributed by atoms with van der Waals surface area (Å²) >= 11 is 0.469. The number of ether oxygens (including phenoxy) is 3. The van der Waals surface area contributed by atoms with Gasteiger partial charge < -0.3 is 9.47 Å². The van der Waals surface area contributed by atoms with Crippen LogP contribution in [-0.2, 0) is 28.7 Å². The molecule has 0 amide bonds. The zero-order valence-corrected chi connectivity index (χ0v) is 36.5. The minimum Gasteiger partial charge on any atom is -0.0513 e. The molecule has 0 spiro atoms. The van der Waals surface area contributed by atoms with Crippen molar-refractivity contribution in [3.8, 4) is 5.75 Å². The molecule has 1 aromatic carbocycles. The fourth-order valence-electron chi connectivity index (χ4n) is 12.4. The Morgan fingerprint density at radius 2 is 1.64 bits per heavy atom. The fraction of sp³-hybridized carbons (Fsp3) is 0.696. The Morgan fingerprint density at radius 1 is 0.945 bits per heavy atom. The van der Waals surface area contributed by atoms with Crippen LogP contribution in [-0.4, -0.2) is 57.4 Å². The first-order valence-corrected chi connectivity index (χ1v) is 23.6. The Bertz CT molecular complexity index is 1730. The van der Waals surface area contributed by atoms with Gasteiger partial charge in [0.05, 0.1) is 12.0 Å². The van der Waals surface area contributed by atoms with Gasteiger partial charge in [-0.25, -0.2) is 4.79 Å². The SMILES string of the molecule is CCOC(=O)/C=C/c1ccc(OC(=O)[C@@]2(C)CC[C@]3(C)CC[C@]4(C)C(=CC(=O)[C@@H]5[C@@]6(C)CC[C@H](OC(=O)[C@@H](N)CC[Se]C)C(C)(C)[C@@H]6CC[C@]54C)[C@H]3C2)cc1. The molecule has 55 heavy (non-hydrogen) atoms. The molecule has 0 bridgehead atoms. The van der Waals surface area contributed by atoms with Gasteiger partial charge in [-0.1, -0.05) is 31.6 Å². The second-order valence-corrected chi connectivity index (χ2v) is 21.5. The van der Waals surface area contributed by atoms with Crippen LogP contribution in [0.3, 0.4) is 0 Å². The third-order valence-electron chi connectivity index (χ3n) is 16.0. The zero-order valence-electron chi connectivity index (χ0n) is 34.8. The van der Waals surface area contributed by atoms with Gasteiger partial charge in [0.15, 0.2) is 0 Å². The Labute approximate surface area is 335 Å². The first-order chi connectivity index (χ1) is 25.8. The van der Waals surface area contributed by atoms with E-state index in [0.717, 1.165) is 62.2 Å². The number of rotatable bonds is 10. The van der Waals surface area contributed by atoms with Crippen molar-refractivity contribution in [2.45, 2.75) is 143 Å². The van der Waals surface area contributed by atoms with Gasteiger partial charge in [-0.15, -0.1) is 0 Å². The summed E-state index contributed by atoms with van der Waals surface area (Å²) < 4.78 is 17.2. The van der Waals surface area contributed by atoms with Crippen LogP contribution in [0.1, 0.15) is 125 Å². The molecule has 6 rings (SSSR count). The number of ketones is 1. The second-order valence-electron chi connectivity index (χ2n) is 19.5. The van der Waals surface area contributed by atoms with Crippen LogP contribution < -0.4 is 10.5 Å². The van der Waals surface area contributed by atoms with Crippen molar-refractivity contribution in [3.63, 3.8) is 0 Å². The van der Waals surface area contributed by atoms with Gasteiger partial charge in [0.1, 0.15) is 5.75 Å². The molecule has 302 valence electrons.